The van der Waals surface area contributed by atoms with Crippen molar-refractivity contribution < 1.29 is 9.18 Å². The predicted octanol–water partition coefficient (Wildman–Crippen LogP) is 3.61. The minimum atomic E-state index is -0.785. The van der Waals surface area contributed by atoms with Crippen molar-refractivity contribution in [3.63, 3.8) is 0 Å². The number of fused-ring (bicyclic) bond motifs is 1. The molecule has 150 valence electrons. The van der Waals surface area contributed by atoms with Gasteiger partial charge in [0.15, 0.2) is 0 Å². The number of anilines is 2. The van der Waals surface area contributed by atoms with Crippen LogP contribution in [0.1, 0.15) is 17.8 Å². The van der Waals surface area contributed by atoms with Gasteiger partial charge in [0.1, 0.15) is 12.0 Å². The van der Waals surface area contributed by atoms with Gasteiger partial charge in [0, 0.05) is 24.0 Å². The van der Waals surface area contributed by atoms with E-state index in [1.165, 1.54) is 4.68 Å². The van der Waals surface area contributed by atoms with Crippen molar-refractivity contribution in [3.8, 4) is 11.3 Å². The van der Waals surface area contributed by atoms with Crippen LogP contribution in [0.3, 0.4) is 0 Å². The highest BCUT2D eigenvalue weighted by atomic mass is 35.5. The van der Waals surface area contributed by atoms with Gasteiger partial charge in [-0.1, -0.05) is 0 Å². The van der Waals surface area contributed by atoms with E-state index in [1.54, 1.807) is 23.4 Å². The average Bonchev–Trinajstić information content (AvgIpc) is 3.39. The molecule has 1 amide bonds. The molecule has 0 saturated carbocycles. The van der Waals surface area contributed by atoms with E-state index < -0.39 is 6.17 Å². The van der Waals surface area contributed by atoms with E-state index >= 15 is 0 Å². The molecule has 1 saturated heterocycles. The number of hydrogen-bond acceptors (Lipinski definition) is 5. The molecule has 2 aliphatic heterocycles. The summed E-state index contributed by atoms with van der Waals surface area (Å²) in [4.78, 5) is 25.0. The van der Waals surface area contributed by atoms with Crippen molar-refractivity contribution >= 4 is 29.9 Å². The number of carbonyl (C=O) groups is 1. The number of nitrogens with zero attached hydrogens (tertiary/aromatic N) is 6. The number of aromatic nitrogens is 4. The number of halogens is 2. The summed E-state index contributed by atoms with van der Waals surface area (Å²) < 4.78 is 14.9. The van der Waals surface area contributed by atoms with E-state index in [0.717, 1.165) is 34.2 Å². The minimum Gasteiger partial charge on any atom is -0.354 e. The Hall–Kier alpha value is -3.00. The number of alkyl halides is 1. The molecule has 0 N–H and O–H groups in total. The van der Waals surface area contributed by atoms with Crippen LogP contribution in [-0.2, 0) is 6.54 Å². The second-order valence-electron chi connectivity index (χ2n) is 7.15. The van der Waals surface area contributed by atoms with E-state index in [2.05, 4.69) is 15.1 Å². The lowest BCUT2D eigenvalue weighted by Gasteiger charge is -2.17. The Morgan fingerprint density at radius 1 is 1.24 bits per heavy atom. The van der Waals surface area contributed by atoms with E-state index in [9.17, 15) is 9.18 Å². The molecule has 9 heteroatoms. The molecule has 5 rings (SSSR count). The van der Waals surface area contributed by atoms with Crippen LogP contribution in [0.2, 0.25) is 0 Å². The fourth-order valence-corrected chi connectivity index (χ4v) is 3.81. The Kier molecular flexibility index (Phi) is 4.96. The summed E-state index contributed by atoms with van der Waals surface area (Å²) in [5, 5.41) is 4.51. The lowest BCUT2D eigenvalue weighted by Crippen LogP contribution is -2.26. The third kappa shape index (κ3) is 3.33. The fourth-order valence-electron chi connectivity index (χ4n) is 3.81. The molecule has 3 aromatic rings. The number of hydrogen-bond donors (Lipinski definition) is 0. The molecule has 5 heterocycles. The highest BCUT2D eigenvalue weighted by Gasteiger charge is 2.31. The monoisotopic (exact) mass is 414 g/mol. The molecule has 0 bridgehead atoms. The van der Waals surface area contributed by atoms with Crippen LogP contribution in [0.25, 0.3) is 11.3 Å². The molecule has 7 nitrogen and oxygen atoms in total. The number of carbonyl (C=O) groups excluding carboxylic acids is 1. The van der Waals surface area contributed by atoms with Crippen LogP contribution in [0, 0.1) is 6.92 Å². The lowest BCUT2D eigenvalue weighted by molar-refractivity contribution is 0.248. The summed E-state index contributed by atoms with van der Waals surface area (Å²) in [7, 11) is 0. The maximum absolute atomic E-state index is 13.5. The maximum Gasteiger partial charge on any atom is 0.349 e. The highest BCUT2D eigenvalue weighted by molar-refractivity contribution is 5.96. The first-order valence-corrected chi connectivity index (χ1v) is 9.28. The quantitative estimate of drug-likeness (QED) is 0.655. The van der Waals surface area contributed by atoms with Gasteiger partial charge < -0.3 is 4.90 Å². The van der Waals surface area contributed by atoms with Gasteiger partial charge >= 0.3 is 6.03 Å². The molecule has 0 aliphatic carbocycles. The predicted molar refractivity (Wildman–Crippen MR) is 110 cm³/mol. The van der Waals surface area contributed by atoms with Crippen LogP contribution in [-0.4, -0.2) is 45.0 Å². The first-order chi connectivity index (χ1) is 13.6. The van der Waals surface area contributed by atoms with Gasteiger partial charge in [-0.2, -0.15) is 9.78 Å². The van der Waals surface area contributed by atoms with E-state index in [4.69, 9.17) is 0 Å². The van der Waals surface area contributed by atoms with Gasteiger partial charge in [-0.3, -0.25) is 9.88 Å². The molecular weight excluding hydrogens is 395 g/mol. The Morgan fingerprint density at radius 2 is 2.10 bits per heavy atom. The fraction of sp³-hybridized carbons (Fsp3) is 0.300. The molecular formula is C20H20ClFN6O. The molecule has 0 unspecified atom stereocenters. The second kappa shape index (κ2) is 7.44. The molecule has 2 aliphatic rings. The molecule has 0 radical (unpaired) electrons. The van der Waals surface area contributed by atoms with Crippen molar-refractivity contribution in [1.82, 2.24) is 19.7 Å². The maximum atomic E-state index is 13.5. The van der Waals surface area contributed by atoms with Crippen LogP contribution in [0.4, 0.5) is 20.7 Å². The normalized spacial score (nSPS) is 18.1. The highest BCUT2D eigenvalue weighted by Crippen LogP contribution is 2.30. The summed E-state index contributed by atoms with van der Waals surface area (Å²) in [6.07, 6.45) is 3.10. The Labute approximate surface area is 173 Å². The van der Waals surface area contributed by atoms with E-state index in [0.29, 0.717) is 26.1 Å². The Morgan fingerprint density at radius 3 is 2.76 bits per heavy atom. The smallest absolute Gasteiger partial charge is 0.349 e. The summed E-state index contributed by atoms with van der Waals surface area (Å²) >= 11 is 0. The lowest BCUT2D eigenvalue weighted by atomic mass is 10.1. The number of rotatable bonds is 3. The van der Waals surface area contributed by atoms with Crippen molar-refractivity contribution in [2.24, 2.45) is 0 Å². The van der Waals surface area contributed by atoms with Gasteiger partial charge in [0.2, 0.25) is 0 Å². The van der Waals surface area contributed by atoms with Crippen molar-refractivity contribution in [2.45, 2.75) is 26.1 Å². The van der Waals surface area contributed by atoms with Crippen molar-refractivity contribution in [2.75, 3.05) is 22.9 Å². The first kappa shape index (κ1) is 19.3. The van der Waals surface area contributed by atoms with Crippen LogP contribution in [0.15, 0.2) is 42.7 Å². The summed E-state index contributed by atoms with van der Waals surface area (Å²) in [6, 6.07) is 9.23. The zero-order valence-electron chi connectivity index (χ0n) is 15.8. The summed E-state index contributed by atoms with van der Waals surface area (Å²) in [5.74, 6) is 0.784. The van der Waals surface area contributed by atoms with Gasteiger partial charge in [0.05, 0.1) is 36.4 Å². The molecule has 0 aromatic carbocycles. The molecule has 0 spiro atoms. The SMILES string of the molecule is Cc1nc(N2CC[C@@H](F)C2)ccc1-c1cc2n(n1)C(=O)N(c1cccnc1)C2.Cl. The summed E-state index contributed by atoms with van der Waals surface area (Å²) in [5.41, 5.74) is 3.98. The zero-order chi connectivity index (χ0) is 19.3. The Bertz CT molecular complexity index is 1060. The van der Waals surface area contributed by atoms with Crippen LogP contribution in [0.5, 0.6) is 0 Å². The molecule has 29 heavy (non-hydrogen) atoms. The summed E-state index contributed by atoms with van der Waals surface area (Å²) in [6.45, 7) is 3.44. The third-order valence-corrected chi connectivity index (χ3v) is 5.27. The standard InChI is InChI=1S/C20H19FN6O.ClH/c1-13-17(4-5-19(23-13)25-8-6-14(21)11-25)18-9-16-12-26(20(28)27(16)24-18)15-3-2-7-22-10-15;/h2-5,7,9-10,14H,6,8,11-12H2,1H3;1H/t14-;/m1./s1. The van der Waals surface area contributed by atoms with Crippen molar-refractivity contribution in [1.29, 1.82) is 0 Å². The first-order valence-electron chi connectivity index (χ1n) is 9.28. The molecule has 1 fully saturated rings. The van der Waals surface area contributed by atoms with Gasteiger partial charge in [-0.15, -0.1) is 12.4 Å². The number of pyridine rings is 2. The average molecular weight is 415 g/mol. The van der Waals surface area contributed by atoms with Crippen molar-refractivity contribution in [3.05, 3.63) is 54.1 Å². The third-order valence-electron chi connectivity index (χ3n) is 5.27. The largest absolute Gasteiger partial charge is 0.354 e. The minimum absolute atomic E-state index is 0. The Balaban J connectivity index is 0.00000205. The van der Waals surface area contributed by atoms with E-state index in [-0.39, 0.29) is 18.4 Å². The number of aryl methyl sites for hydroxylation is 1. The number of amides is 1. The molecule has 1 atom stereocenters. The molecule has 3 aromatic heterocycles. The van der Waals surface area contributed by atoms with Gasteiger partial charge in [-0.05, 0) is 43.7 Å². The van der Waals surface area contributed by atoms with E-state index in [1.807, 2.05) is 36.1 Å². The van der Waals surface area contributed by atoms with Crippen LogP contribution >= 0.6 is 12.4 Å². The second-order valence-corrected chi connectivity index (χ2v) is 7.15. The van der Waals surface area contributed by atoms with Gasteiger partial charge in [-0.25, -0.2) is 14.2 Å². The zero-order valence-corrected chi connectivity index (χ0v) is 16.6. The topological polar surface area (TPSA) is 67.2 Å². The van der Waals surface area contributed by atoms with Gasteiger partial charge in [0.25, 0.3) is 0 Å². The van der Waals surface area contributed by atoms with Crippen LogP contribution < -0.4 is 9.80 Å².